The minimum atomic E-state index is -4.62. The first-order valence-corrected chi connectivity index (χ1v) is 10.1. The molecular weight excluding hydrogens is 409 g/mol. The van der Waals surface area contributed by atoms with E-state index in [4.69, 9.17) is 0 Å². The topological polar surface area (TPSA) is 79.5 Å². The zero-order chi connectivity index (χ0) is 22.4. The number of aromatic nitrogens is 3. The molecular formula is C22H23F3N4O2. The number of aliphatic hydroxyl groups is 1. The minimum absolute atomic E-state index is 0.284. The SMILES string of the molecule is CC(C)(O)CCc1cn2cc(NC(=O)c3cccc(C(F)(F)F)n3)c(C3CC3)cc2n1. The van der Waals surface area contributed by atoms with Gasteiger partial charge in [0.15, 0.2) is 0 Å². The number of carbonyl (C=O) groups is 1. The summed E-state index contributed by atoms with van der Waals surface area (Å²) in [6.45, 7) is 3.48. The molecule has 0 unspecified atom stereocenters. The number of nitrogens with zero attached hydrogens (tertiary/aromatic N) is 3. The second-order valence-corrected chi connectivity index (χ2v) is 8.59. The van der Waals surface area contributed by atoms with Gasteiger partial charge >= 0.3 is 6.18 Å². The Bertz CT molecular complexity index is 1130. The molecule has 0 atom stereocenters. The Morgan fingerprint density at radius 2 is 1.97 bits per heavy atom. The number of anilines is 1. The first-order chi connectivity index (χ1) is 14.5. The molecule has 9 heteroatoms. The number of imidazole rings is 1. The van der Waals surface area contributed by atoms with E-state index in [0.29, 0.717) is 18.5 Å². The van der Waals surface area contributed by atoms with Gasteiger partial charge < -0.3 is 14.8 Å². The number of aryl methyl sites for hydroxylation is 1. The van der Waals surface area contributed by atoms with Gasteiger partial charge in [-0.2, -0.15) is 13.2 Å². The lowest BCUT2D eigenvalue weighted by Gasteiger charge is -2.15. The Kier molecular flexibility index (Phi) is 5.25. The molecule has 164 valence electrons. The van der Waals surface area contributed by atoms with Gasteiger partial charge in [-0.1, -0.05) is 6.07 Å². The van der Waals surface area contributed by atoms with E-state index in [0.717, 1.165) is 35.8 Å². The first-order valence-electron chi connectivity index (χ1n) is 10.1. The van der Waals surface area contributed by atoms with Gasteiger partial charge in [-0.3, -0.25) is 4.79 Å². The molecule has 1 fully saturated rings. The largest absolute Gasteiger partial charge is 0.433 e. The fourth-order valence-electron chi connectivity index (χ4n) is 3.40. The quantitative estimate of drug-likeness (QED) is 0.598. The molecule has 3 aromatic rings. The number of halogens is 3. The van der Waals surface area contributed by atoms with Gasteiger partial charge in [0.2, 0.25) is 0 Å². The van der Waals surface area contributed by atoms with E-state index in [1.165, 1.54) is 12.1 Å². The maximum Gasteiger partial charge on any atom is 0.433 e. The van der Waals surface area contributed by atoms with Crippen LogP contribution in [0.5, 0.6) is 0 Å². The molecule has 31 heavy (non-hydrogen) atoms. The third-order valence-corrected chi connectivity index (χ3v) is 5.21. The van der Waals surface area contributed by atoms with Crippen LogP contribution >= 0.6 is 0 Å². The van der Waals surface area contributed by atoms with Crippen LogP contribution in [0, 0.1) is 0 Å². The lowest BCUT2D eigenvalue weighted by Crippen LogP contribution is -2.19. The molecule has 0 saturated heterocycles. The summed E-state index contributed by atoms with van der Waals surface area (Å²) in [5.41, 5.74) is 0.775. The number of alkyl halides is 3. The number of hydrogen-bond donors (Lipinski definition) is 2. The number of hydrogen-bond acceptors (Lipinski definition) is 4. The van der Waals surface area contributed by atoms with Crippen LogP contribution < -0.4 is 5.32 Å². The number of nitrogens with one attached hydrogen (secondary N) is 1. The van der Waals surface area contributed by atoms with Crippen LogP contribution in [-0.2, 0) is 12.6 Å². The molecule has 1 saturated carbocycles. The second kappa shape index (κ2) is 7.64. The average molecular weight is 432 g/mol. The molecule has 3 heterocycles. The summed E-state index contributed by atoms with van der Waals surface area (Å²) in [4.78, 5) is 20.7. The van der Waals surface area contributed by atoms with Gasteiger partial charge in [0, 0.05) is 12.4 Å². The van der Waals surface area contributed by atoms with Crippen LogP contribution in [0.3, 0.4) is 0 Å². The highest BCUT2D eigenvalue weighted by atomic mass is 19.4. The molecule has 3 aromatic heterocycles. The van der Waals surface area contributed by atoms with Gasteiger partial charge in [-0.15, -0.1) is 0 Å². The Labute approximate surface area is 177 Å². The summed E-state index contributed by atoms with van der Waals surface area (Å²) in [6.07, 6.45) is 2.05. The molecule has 1 amide bonds. The predicted octanol–water partition coefficient (Wildman–Crippen LogP) is 4.58. The number of fused-ring (bicyclic) bond motifs is 1. The van der Waals surface area contributed by atoms with Crippen molar-refractivity contribution < 1.29 is 23.1 Å². The van der Waals surface area contributed by atoms with Gasteiger partial charge in [0.1, 0.15) is 17.0 Å². The van der Waals surface area contributed by atoms with E-state index < -0.39 is 23.4 Å². The molecule has 4 rings (SSSR count). The molecule has 1 aliphatic rings. The highest BCUT2D eigenvalue weighted by molar-refractivity contribution is 6.03. The molecule has 0 radical (unpaired) electrons. The third-order valence-electron chi connectivity index (χ3n) is 5.21. The van der Waals surface area contributed by atoms with Gasteiger partial charge in [0.05, 0.1) is 17.0 Å². The Hall–Kier alpha value is -2.94. The van der Waals surface area contributed by atoms with E-state index in [2.05, 4.69) is 15.3 Å². The monoisotopic (exact) mass is 432 g/mol. The van der Waals surface area contributed by atoms with Crippen molar-refractivity contribution in [2.75, 3.05) is 5.32 Å². The van der Waals surface area contributed by atoms with Crippen molar-refractivity contribution in [3.05, 3.63) is 59.3 Å². The lowest BCUT2D eigenvalue weighted by atomic mass is 10.0. The Morgan fingerprint density at radius 3 is 2.61 bits per heavy atom. The van der Waals surface area contributed by atoms with Crippen LogP contribution in [0.25, 0.3) is 5.65 Å². The number of carbonyl (C=O) groups excluding carboxylic acids is 1. The van der Waals surface area contributed by atoms with Crippen LogP contribution in [0.2, 0.25) is 0 Å². The van der Waals surface area contributed by atoms with Crippen LogP contribution in [0.15, 0.2) is 36.7 Å². The van der Waals surface area contributed by atoms with E-state index in [1.807, 2.05) is 12.3 Å². The van der Waals surface area contributed by atoms with Crippen LogP contribution in [0.1, 0.15) is 66.5 Å². The fraction of sp³-hybridized carbons (Fsp3) is 0.409. The summed E-state index contributed by atoms with van der Waals surface area (Å²) in [7, 11) is 0. The van der Waals surface area contributed by atoms with Crippen molar-refractivity contribution >= 4 is 17.2 Å². The minimum Gasteiger partial charge on any atom is -0.390 e. The first kappa shape index (κ1) is 21.3. The van der Waals surface area contributed by atoms with Gasteiger partial charge in [-0.25, -0.2) is 9.97 Å². The van der Waals surface area contributed by atoms with Crippen molar-refractivity contribution in [3.63, 3.8) is 0 Å². The predicted molar refractivity (Wildman–Crippen MR) is 109 cm³/mol. The summed E-state index contributed by atoms with van der Waals surface area (Å²) in [5.74, 6) is -0.416. The molecule has 0 aliphatic heterocycles. The second-order valence-electron chi connectivity index (χ2n) is 8.59. The highest BCUT2D eigenvalue weighted by Gasteiger charge is 2.33. The Morgan fingerprint density at radius 1 is 1.23 bits per heavy atom. The van der Waals surface area contributed by atoms with Crippen molar-refractivity contribution in [2.45, 2.75) is 57.2 Å². The van der Waals surface area contributed by atoms with E-state index >= 15 is 0 Å². The Balaban J connectivity index is 1.62. The fourth-order valence-corrected chi connectivity index (χ4v) is 3.40. The number of amides is 1. The standard InChI is InChI=1S/C22H23F3N4O2/c1-21(2,31)9-8-14-11-29-12-17(15(13-6-7-13)10-19(29)26-14)28-20(30)16-4-3-5-18(27-16)22(23,24)25/h3-5,10-13,31H,6-9H2,1-2H3,(H,28,30). The maximum atomic E-state index is 12.9. The highest BCUT2D eigenvalue weighted by Crippen LogP contribution is 2.44. The number of rotatable bonds is 6. The van der Waals surface area contributed by atoms with Gasteiger partial charge in [-0.05, 0) is 69.2 Å². The van der Waals surface area contributed by atoms with Crippen LogP contribution in [-0.4, -0.2) is 31.0 Å². The normalized spacial score (nSPS) is 14.8. The molecule has 1 aliphatic carbocycles. The molecule has 6 nitrogen and oxygen atoms in total. The van der Waals surface area contributed by atoms with Crippen LogP contribution in [0.4, 0.5) is 18.9 Å². The van der Waals surface area contributed by atoms with E-state index in [-0.39, 0.29) is 11.6 Å². The van der Waals surface area contributed by atoms with Gasteiger partial charge in [0.25, 0.3) is 5.91 Å². The summed E-state index contributed by atoms with van der Waals surface area (Å²) >= 11 is 0. The smallest absolute Gasteiger partial charge is 0.390 e. The zero-order valence-electron chi connectivity index (χ0n) is 17.2. The summed E-state index contributed by atoms with van der Waals surface area (Å²) in [5, 5.41) is 12.7. The third kappa shape index (κ3) is 5.04. The number of pyridine rings is 2. The van der Waals surface area contributed by atoms with Crippen molar-refractivity contribution in [2.24, 2.45) is 0 Å². The zero-order valence-corrected chi connectivity index (χ0v) is 17.2. The summed E-state index contributed by atoms with van der Waals surface area (Å²) < 4.78 is 40.6. The molecule has 0 spiro atoms. The van der Waals surface area contributed by atoms with Crippen molar-refractivity contribution in [3.8, 4) is 0 Å². The van der Waals surface area contributed by atoms with Crippen molar-refractivity contribution in [1.82, 2.24) is 14.4 Å². The molecule has 0 bridgehead atoms. The average Bonchev–Trinajstić information content (AvgIpc) is 3.44. The van der Waals surface area contributed by atoms with E-state index in [1.54, 1.807) is 24.4 Å². The summed E-state index contributed by atoms with van der Waals surface area (Å²) in [6, 6.07) is 5.16. The van der Waals surface area contributed by atoms with E-state index in [9.17, 15) is 23.1 Å². The molecule has 0 aromatic carbocycles. The molecule has 2 N–H and O–H groups in total. The maximum absolute atomic E-state index is 12.9. The lowest BCUT2D eigenvalue weighted by molar-refractivity contribution is -0.141. The van der Waals surface area contributed by atoms with Crippen molar-refractivity contribution in [1.29, 1.82) is 0 Å².